The van der Waals surface area contributed by atoms with Crippen molar-refractivity contribution in [1.82, 2.24) is 4.90 Å². The molecule has 1 fully saturated rings. The van der Waals surface area contributed by atoms with E-state index in [-0.39, 0.29) is 17.0 Å². The van der Waals surface area contributed by atoms with Gasteiger partial charge in [0.25, 0.3) is 17.7 Å². The smallest absolute Gasteiger partial charge is 0.329 e. The summed E-state index contributed by atoms with van der Waals surface area (Å²) in [6, 6.07) is 14.4. The van der Waals surface area contributed by atoms with Crippen molar-refractivity contribution in [2.75, 3.05) is 11.4 Å². The molecule has 0 radical (unpaired) electrons. The Morgan fingerprint density at radius 3 is 2.07 bits per heavy atom. The van der Waals surface area contributed by atoms with Gasteiger partial charge in [0.2, 0.25) is 0 Å². The highest BCUT2D eigenvalue weighted by atomic mass is 16.6. The predicted molar refractivity (Wildman–Crippen MR) is 109 cm³/mol. The van der Waals surface area contributed by atoms with Crippen LogP contribution in [0.4, 0.5) is 5.69 Å². The second kappa shape index (κ2) is 7.09. The van der Waals surface area contributed by atoms with Crippen LogP contribution in [0.5, 0.6) is 0 Å². The second-order valence-corrected chi connectivity index (χ2v) is 8.27. The number of anilines is 1. The van der Waals surface area contributed by atoms with E-state index in [4.69, 9.17) is 4.74 Å². The molecule has 7 heteroatoms. The summed E-state index contributed by atoms with van der Waals surface area (Å²) in [6.45, 7) is 5.51. The summed E-state index contributed by atoms with van der Waals surface area (Å²) in [5.74, 6) is -2.19. The Balaban J connectivity index is 1.53. The molecule has 3 amide bonds. The molecule has 30 heavy (non-hydrogen) atoms. The normalized spacial score (nSPS) is 21.0. The van der Waals surface area contributed by atoms with Gasteiger partial charge in [0.15, 0.2) is 6.10 Å². The largest absolute Gasteiger partial charge is 0.450 e. The summed E-state index contributed by atoms with van der Waals surface area (Å²) in [7, 11) is 0. The van der Waals surface area contributed by atoms with Crippen LogP contribution in [0.2, 0.25) is 0 Å². The van der Waals surface area contributed by atoms with Crippen molar-refractivity contribution < 1.29 is 23.9 Å². The number of carbonyl (C=O) groups is 4. The summed E-state index contributed by atoms with van der Waals surface area (Å²) in [5.41, 5.74) is 0.608. The van der Waals surface area contributed by atoms with Gasteiger partial charge in [-0.25, -0.2) is 4.79 Å². The van der Waals surface area contributed by atoms with Crippen LogP contribution < -0.4 is 4.90 Å². The lowest BCUT2D eigenvalue weighted by atomic mass is 9.89. The number of carbonyl (C=O) groups excluding carboxylic acids is 4. The van der Waals surface area contributed by atoms with Crippen molar-refractivity contribution >= 4 is 29.4 Å². The molecule has 2 aliphatic rings. The maximum absolute atomic E-state index is 13.0. The van der Waals surface area contributed by atoms with Gasteiger partial charge in [0.05, 0.1) is 11.1 Å². The highest BCUT2D eigenvalue weighted by molar-refractivity contribution is 6.22. The molecule has 0 aliphatic carbocycles. The Kier molecular flexibility index (Phi) is 4.68. The minimum absolute atomic E-state index is 0.259. The molecule has 0 unspecified atom stereocenters. The number of imide groups is 1. The van der Waals surface area contributed by atoms with Gasteiger partial charge in [0, 0.05) is 17.6 Å². The number of esters is 1. The fourth-order valence-corrected chi connectivity index (χ4v) is 3.96. The average Bonchev–Trinajstić information content (AvgIpc) is 3.13. The van der Waals surface area contributed by atoms with Gasteiger partial charge in [-0.2, -0.15) is 0 Å². The molecule has 1 saturated heterocycles. The van der Waals surface area contributed by atoms with Crippen LogP contribution >= 0.6 is 0 Å². The Labute approximate surface area is 174 Å². The summed E-state index contributed by atoms with van der Waals surface area (Å²) < 4.78 is 5.58. The third-order valence-electron chi connectivity index (χ3n) is 5.62. The Bertz CT molecular complexity index is 1010. The van der Waals surface area contributed by atoms with Gasteiger partial charge >= 0.3 is 5.97 Å². The van der Waals surface area contributed by atoms with Gasteiger partial charge in [-0.3, -0.25) is 19.3 Å². The molecule has 2 aromatic rings. The molecule has 2 aliphatic heterocycles. The molecular formula is C23H22N2O5. The number of ether oxygens (including phenoxy) is 1. The molecule has 7 nitrogen and oxygen atoms in total. The summed E-state index contributed by atoms with van der Waals surface area (Å²) >= 11 is 0. The van der Waals surface area contributed by atoms with Crippen molar-refractivity contribution in [2.24, 2.45) is 5.41 Å². The zero-order valence-corrected chi connectivity index (χ0v) is 17.0. The highest BCUT2D eigenvalue weighted by Crippen LogP contribution is 2.36. The number of nitrogens with zero attached hydrogens (tertiary/aromatic N) is 2. The van der Waals surface area contributed by atoms with Crippen molar-refractivity contribution in [1.29, 1.82) is 0 Å². The van der Waals surface area contributed by atoms with Crippen LogP contribution in [-0.2, 0) is 14.3 Å². The van der Waals surface area contributed by atoms with E-state index in [1.165, 1.54) is 6.92 Å². The van der Waals surface area contributed by atoms with Gasteiger partial charge in [0.1, 0.15) is 6.04 Å². The van der Waals surface area contributed by atoms with Crippen molar-refractivity contribution in [3.8, 4) is 0 Å². The minimum Gasteiger partial charge on any atom is -0.450 e. The third kappa shape index (κ3) is 3.07. The first-order valence-electron chi connectivity index (χ1n) is 9.76. The van der Waals surface area contributed by atoms with Crippen LogP contribution in [0.1, 0.15) is 41.5 Å². The molecule has 2 atom stereocenters. The van der Waals surface area contributed by atoms with Crippen LogP contribution in [0, 0.1) is 5.41 Å². The van der Waals surface area contributed by atoms with E-state index in [1.807, 2.05) is 44.2 Å². The number of hydrogen-bond acceptors (Lipinski definition) is 5. The Morgan fingerprint density at radius 2 is 1.50 bits per heavy atom. The van der Waals surface area contributed by atoms with E-state index < -0.39 is 35.3 Å². The number of fused-ring (bicyclic) bond motifs is 1. The van der Waals surface area contributed by atoms with E-state index in [1.54, 1.807) is 29.2 Å². The lowest BCUT2D eigenvalue weighted by Gasteiger charge is -2.27. The molecule has 0 saturated carbocycles. The molecule has 2 aromatic carbocycles. The number of hydrogen-bond donors (Lipinski definition) is 0. The van der Waals surface area contributed by atoms with Crippen LogP contribution in [0.15, 0.2) is 54.6 Å². The quantitative estimate of drug-likeness (QED) is 0.576. The van der Waals surface area contributed by atoms with Crippen molar-refractivity contribution in [3.63, 3.8) is 0 Å². The minimum atomic E-state index is -1.15. The maximum atomic E-state index is 13.0. The van der Waals surface area contributed by atoms with Crippen LogP contribution in [0.3, 0.4) is 0 Å². The topological polar surface area (TPSA) is 84.0 Å². The van der Waals surface area contributed by atoms with Gasteiger partial charge in [-0.15, -0.1) is 0 Å². The summed E-state index contributed by atoms with van der Waals surface area (Å²) in [5, 5.41) is 0. The number of para-hydroxylation sites is 1. The van der Waals surface area contributed by atoms with Crippen LogP contribution in [0.25, 0.3) is 0 Å². The molecule has 4 rings (SSSR count). The SMILES string of the molecule is C[C@@H](C(=O)O[C@@H]1C(=O)N(c2ccccc2)CC1(C)C)N1C(=O)c2ccccc2C1=O. The van der Waals surface area contributed by atoms with Gasteiger partial charge in [-0.1, -0.05) is 44.2 Å². The van der Waals surface area contributed by atoms with E-state index in [9.17, 15) is 19.2 Å². The lowest BCUT2D eigenvalue weighted by molar-refractivity contribution is -0.161. The van der Waals surface area contributed by atoms with Gasteiger partial charge in [-0.05, 0) is 31.2 Å². The monoisotopic (exact) mass is 406 g/mol. The first-order valence-corrected chi connectivity index (χ1v) is 9.76. The molecule has 0 aromatic heterocycles. The lowest BCUT2D eigenvalue weighted by Crippen LogP contribution is -2.47. The zero-order chi connectivity index (χ0) is 21.6. The van der Waals surface area contributed by atoms with Gasteiger partial charge < -0.3 is 9.64 Å². The molecule has 0 spiro atoms. The fourth-order valence-electron chi connectivity index (χ4n) is 3.96. The second-order valence-electron chi connectivity index (χ2n) is 8.27. The van der Waals surface area contributed by atoms with Crippen molar-refractivity contribution in [2.45, 2.75) is 32.9 Å². The maximum Gasteiger partial charge on any atom is 0.329 e. The summed E-state index contributed by atoms with van der Waals surface area (Å²) in [4.78, 5) is 53.6. The first-order chi connectivity index (χ1) is 14.2. The molecule has 0 N–H and O–H groups in total. The molecule has 154 valence electrons. The Morgan fingerprint density at radius 1 is 0.967 bits per heavy atom. The number of amides is 3. The standard InChI is InChI=1S/C23H22N2O5/c1-14(25-19(26)16-11-7-8-12-17(16)20(25)27)22(29)30-18-21(28)24(13-23(18,2)3)15-9-5-4-6-10-15/h4-12,14,18H,13H2,1-3H3/t14-,18+/m0/s1. The Hall–Kier alpha value is -3.48. The number of rotatable bonds is 4. The molecular weight excluding hydrogens is 384 g/mol. The number of benzene rings is 2. The zero-order valence-electron chi connectivity index (χ0n) is 17.0. The third-order valence-corrected chi connectivity index (χ3v) is 5.62. The molecule has 2 heterocycles. The average molecular weight is 406 g/mol. The fraction of sp³-hybridized carbons (Fsp3) is 0.304. The first kappa shape index (κ1) is 19.8. The van der Waals surface area contributed by atoms with E-state index in [0.29, 0.717) is 6.54 Å². The van der Waals surface area contributed by atoms with Crippen molar-refractivity contribution in [3.05, 3.63) is 65.7 Å². The summed E-state index contributed by atoms with van der Waals surface area (Å²) in [6.07, 6.45) is -1.01. The van der Waals surface area contributed by atoms with E-state index in [2.05, 4.69) is 0 Å². The van der Waals surface area contributed by atoms with E-state index in [0.717, 1.165) is 10.6 Å². The highest BCUT2D eigenvalue weighted by Gasteiger charge is 2.51. The molecule has 0 bridgehead atoms. The van der Waals surface area contributed by atoms with E-state index >= 15 is 0 Å². The van der Waals surface area contributed by atoms with Crippen LogP contribution in [-0.4, -0.2) is 47.3 Å². The predicted octanol–water partition coefficient (Wildman–Crippen LogP) is 2.66.